The lowest BCUT2D eigenvalue weighted by Gasteiger charge is -2.34. The monoisotopic (exact) mass is 416 g/mol. The molecule has 7 heteroatoms. The zero-order chi connectivity index (χ0) is 21.2. The molecule has 29 heavy (non-hydrogen) atoms. The molecule has 1 saturated heterocycles. The van der Waals surface area contributed by atoms with Crippen molar-refractivity contribution in [1.82, 2.24) is 9.21 Å². The van der Waals surface area contributed by atoms with Gasteiger partial charge in [0.25, 0.3) is 5.91 Å². The van der Waals surface area contributed by atoms with Crippen LogP contribution in [0.4, 0.5) is 0 Å². The molecule has 0 aliphatic carbocycles. The summed E-state index contributed by atoms with van der Waals surface area (Å²) >= 11 is 0. The number of sulfonamides is 1. The van der Waals surface area contributed by atoms with Crippen LogP contribution in [0.25, 0.3) is 0 Å². The normalized spacial score (nSPS) is 15.9. The van der Waals surface area contributed by atoms with Crippen LogP contribution in [0.2, 0.25) is 0 Å². The van der Waals surface area contributed by atoms with E-state index in [0.29, 0.717) is 24.4 Å². The number of hydrogen-bond donors (Lipinski definition) is 0. The number of para-hydroxylation sites is 1. The van der Waals surface area contributed by atoms with Gasteiger partial charge in [-0.1, -0.05) is 45.0 Å². The summed E-state index contributed by atoms with van der Waals surface area (Å²) < 4.78 is 32.7. The molecule has 0 bridgehead atoms. The number of benzene rings is 2. The predicted molar refractivity (Wildman–Crippen MR) is 113 cm³/mol. The summed E-state index contributed by atoms with van der Waals surface area (Å²) in [6.07, 6.45) is 0. The minimum atomic E-state index is -3.58. The van der Waals surface area contributed by atoms with Crippen molar-refractivity contribution in [1.29, 1.82) is 0 Å². The Hall–Kier alpha value is -2.38. The number of piperazine rings is 1. The first-order valence-electron chi connectivity index (χ1n) is 9.67. The smallest absolute Gasteiger partial charge is 0.257 e. The molecule has 0 radical (unpaired) electrons. The van der Waals surface area contributed by atoms with Crippen molar-refractivity contribution >= 4 is 15.9 Å². The van der Waals surface area contributed by atoms with Gasteiger partial charge in [-0.05, 0) is 35.2 Å². The molecule has 0 saturated carbocycles. The fourth-order valence-corrected chi connectivity index (χ4v) is 4.82. The molecule has 1 aliphatic heterocycles. The Balaban J connectivity index is 1.70. The molecule has 6 nitrogen and oxygen atoms in total. The summed E-state index contributed by atoms with van der Waals surface area (Å²) in [5.41, 5.74) is 1.54. The van der Waals surface area contributed by atoms with Crippen molar-refractivity contribution in [2.75, 3.05) is 33.3 Å². The van der Waals surface area contributed by atoms with Gasteiger partial charge in [0.2, 0.25) is 10.0 Å². The molecular weight excluding hydrogens is 388 g/mol. The summed E-state index contributed by atoms with van der Waals surface area (Å²) in [5.74, 6) is 0.375. The van der Waals surface area contributed by atoms with E-state index in [1.54, 1.807) is 35.2 Å². The average molecular weight is 417 g/mol. The van der Waals surface area contributed by atoms with E-state index in [2.05, 4.69) is 20.8 Å². The molecule has 0 unspecified atom stereocenters. The number of hydrogen-bond acceptors (Lipinski definition) is 4. The average Bonchev–Trinajstić information content (AvgIpc) is 2.72. The minimum Gasteiger partial charge on any atom is -0.496 e. The minimum absolute atomic E-state index is 0.0349. The van der Waals surface area contributed by atoms with Crippen LogP contribution in [0.3, 0.4) is 0 Å². The van der Waals surface area contributed by atoms with Crippen LogP contribution in [-0.2, 0) is 15.4 Å². The van der Waals surface area contributed by atoms with E-state index in [0.717, 1.165) is 5.56 Å². The lowest BCUT2D eigenvalue weighted by molar-refractivity contribution is 0.0694. The Morgan fingerprint density at radius 2 is 1.52 bits per heavy atom. The largest absolute Gasteiger partial charge is 0.496 e. The van der Waals surface area contributed by atoms with E-state index < -0.39 is 10.0 Å². The Kier molecular flexibility index (Phi) is 6.00. The summed E-state index contributed by atoms with van der Waals surface area (Å²) in [6.45, 7) is 7.50. The second-order valence-corrected chi connectivity index (χ2v) is 10.1. The fourth-order valence-electron chi connectivity index (χ4n) is 3.40. The Morgan fingerprint density at radius 3 is 2.07 bits per heavy atom. The molecule has 1 aliphatic rings. The lowest BCUT2D eigenvalue weighted by Crippen LogP contribution is -2.50. The van der Waals surface area contributed by atoms with Gasteiger partial charge in [0.1, 0.15) is 5.75 Å². The van der Waals surface area contributed by atoms with E-state index in [1.807, 2.05) is 18.2 Å². The zero-order valence-electron chi connectivity index (χ0n) is 17.4. The number of methoxy groups -OCH3 is 1. The maximum Gasteiger partial charge on any atom is 0.257 e. The first-order valence-corrected chi connectivity index (χ1v) is 11.1. The molecule has 2 aromatic rings. The standard InChI is InChI=1S/C22H28N2O4S/c1-22(2,3)17-9-11-18(12-10-17)29(26,27)24-15-13-23(14-16-24)21(25)19-7-5-6-8-20(19)28-4/h5-12H,13-16H2,1-4H3. The molecule has 0 spiro atoms. The predicted octanol–water partition coefficient (Wildman–Crippen LogP) is 3.14. The molecule has 0 atom stereocenters. The van der Waals surface area contributed by atoms with Crippen LogP contribution in [0, 0.1) is 0 Å². The van der Waals surface area contributed by atoms with Crippen molar-refractivity contribution in [2.45, 2.75) is 31.1 Å². The second-order valence-electron chi connectivity index (χ2n) is 8.17. The van der Waals surface area contributed by atoms with Crippen LogP contribution >= 0.6 is 0 Å². The van der Waals surface area contributed by atoms with Crippen molar-refractivity contribution in [3.8, 4) is 5.75 Å². The van der Waals surface area contributed by atoms with Crippen LogP contribution in [-0.4, -0.2) is 56.8 Å². The Labute approximate surface area is 173 Å². The van der Waals surface area contributed by atoms with Gasteiger partial charge in [-0.3, -0.25) is 4.79 Å². The SMILES string of the molecule is COc1ccccc1C(=O)N1CCN(S(=O)(=O)c2ccc(C(C)(C)C)cc2)CC1. The van der Waals surface area contributed by atoms with Crippen molar-refractivity contribution in [3.63, 3.8) is 0 Å². The summed E-state index contributed by atoms with van der Waals surface area (Å²) in [4.78, 5) is 14.8. The van der Waals surface area contributed by atoms with E-state index in [9.17, 15) is 13.2 Å². The fraction of sp³-hybridized carbons (Fsp3) is 0.409. The van der Waals surface area contributed by atoms with Crippen LogP contribution < -0.4 is 4.74 Å². The highest BCUT2D eigenvalue weighted by Gasteiger charge is 2.31. The second kappa shape index (κ2) is 8.16. The number of carbonyl (C=O) groups is 1. The highest BCUT2D eigenvalue weighted by Crippen LogP contribution is 2.26. The highest BCUT2D eigenvalue weighted by atomic mass is 32.2. The molecule has 156 valence electrons. The zero-order valence-corrected chi connectivity index (χ0v) is 18.2. The number of amides is 1. The van der Waals surface area contributed by atoms with Crippen molar-refractivity contribution in [2.24, 2.45) is 0 Å². The van der Waals surface area contributed by atoms with E-state index in [1.165, 1.54) is 11.4 Å². The Morgan fingerprint density at radius 1 is 0.931 bits per heavy atom. The lowest BCUT2D eigenvalue weighted by atomic mass is 9.87. The quantitative estimate of drug-likeness (QED) is 0.768. The highest BCUT2D eigenvalue weighted by molar-refractivity contribution is 7.89. The molecular formula is C22H28N2O4S. The molecule has 0 N–H and O–H groups in total. The van der Waals surface area contributed by atoms with E-state index >= 15 is 0 Å². The summed E-state index contributed by atoms with van der Waals surface area (Å²) in [5, 5.41) is 0. The summed E-state index contributed by atoms with van der Waals surface area (Å²) in [7, 11) is -2.05. The molecule has 3 rings (SSSR count). The first kappa shape index (κ1) is 21.3. The molecule has 1 amide bonds. The Bertz CT molecular complexity index is 971. The van der Waals surface area contributed by atoms with Crippen LogP contribution in [0.5, 0.6) is 5.75 Å². The molecule has 0 aromatic heterocycles. The number of rotatable bonds is 4. The first-order chi connectivity index (χ1) is 13.6. The maximum absolute atomic E-state index is 13.0. The molecule has 2 aromatic carbocycles. The number of carbonyl (C=O) groups excluding carboxylic acids is 1. The summed E-state index contributed by atoms with van der Waals surface area (Å²) in [6, 6.07) is 14.1. The van der Waals surface area contributed by atoms with E-state index in [4.69, 9.17) is 4.74 Å². The third kappa shape index (κ3) is 4.46. The maximum atomic E-state index is 13.0. The van der Waals surface area contributed by atoms with Crippen LogP contribution in [0.15, 0.2) is 53.4 Å². The van der Waals surface area contributed by atoms with Gasteiger partial charge in [-0.15, -0.1) is 0 Å². The van der Waals surface area contributed by atoms with Gasteiger partial charge in [-0.2, -0.15) is 4.31 Å². The van der Waals surface area contributed by atoms with Crippen LogP contribution in [0.1, 0.15) is 36.7 Å². The number of nitrogens with zero attached hydrogens (tertiary/aromatic N) is 2. The molecule has 1 heterocycles. The van der Waals surface area contributed by atoms with Crippen molar-refractivity contribution in [3.05, 3.63) is 59.7 Å². The van der Waals surface area contributed by atoms with Gasteiger partial charge in [0.05, 0.1) is 17.6 Å². The van der Waals surface area contributed by atoms with Gasteiger partial charge in [-0.25, -0.2) is 8.42 Å². The third-order valence-electron chi connectivity index (χ3n) is 5.22. The topological polar surface area (TPSA) is 66.9 Å². The van der Waals surface area contributed by atoms with Gasteiger partial charge in [0, 0.05) is 26.2 Å². The number of ether oxygens (including phenoxy) is 1. The van der Waals surface area contributed by atoms with E-state index in [-0.39, 0.29) is 29.3 Å². The van der Waals surface area contributed by atoms with Gasteiger partial charge < -0.3 is 9.64 Å². The third-order valence-corrected chi connectivity index (χ3v) is 7.13. The van der Waals surface area contributed by atoms with Crippen molar-refractivity contribution < 1.29 is 17.9 Å². The van der Waals surface area contributed by atoms with Gasteiger partial charge >= 0.3 is 0 Å². The van der Waals surface area contributed by atoms with Gasteiger partial charge in [0.15, 0.2) is 0 Å². The molecule has 1 fully saturated rings.